The minimum Gasteiger partial charge on any atom is -0.462 e. The normalized spacial score (nSPS) is 10.4. The van der Waals surface area contributed by atoms with Crippen LogP contribution in [0.3, 0.4) is 0 Å². The van der Waals surface area contributed by atoms with Crippen LogP contribution in [0.2, 0.25) is 5.02 Å². The second-order valence-electron chi connectivity index (χ2n) is 3.88. The van der Waals surface area contributed by atoms with Gasteiger partial charge in [-0.05, 0) is 25.8 Å². The number of halogens is 1. The van der Waals surface area contributed by atoms with Gasteiger partial charge in [0.25, 0.3) is 5.56 Å². The number of aryl methyl sites for hydroxylation is 1. The average molecular weight is 258 g/mol. The number of H-pyrrole nitrogens is 1. The molecule has 0 spiro atoms. The molecule has 5 heteroatoms. The third kappa shape index (κ3) is 3.09. The number of carbonyl (C=O) groups excluding carboxylic acids is 1. The number of ether oxygens (including phenoxy) is 1. The number of nitrogens with one attached hydrogen (secondary N) is 1. The third-order valence-corrected chi connectivity index (χ3v) is 3.06. The van der Waals surface area contributed by atoms with Crippen LogP contribution in [0, 0.1) is 13.8 Å². The zero-order valence-electron chi connectivity index (χ0n) is 10.2. The molecule has 0 aromatic carbocycles. The molecule has 1 heterocycles. The van der Waals surface area contributed by atoms with Gasteiger partial charge in [0.15, 0.2) is 0 Å². The smallest absolute Gasteiger partial charge is 0.344 e. The fraction of sp³-hybridized carbons (Fsp3) is 0.500. The molecule has 4 nitrogen and oxygen atoms in total. The summed E-state index contributed by atoms with van der Waals surface area (Å²) < 4.78 is 5.01. The first-order valence-electron chi connectivity index (χ1n) is 5.55. The number of unbranched alkanes of at least 4 members (excludes halogenated alkanes) is 1. The minimum absolute atomic E-state index is 0.00305. The van der Waals surface area contributed by atoms with Crippen LogP contribution in [0.4, 0.5) is 0 Å². The first-order chi connectivity index (χ1) is 7.99. The molecule has 0 saturated carbocycles. The number of aromatic amines is 1. The predicted molar refractivity (Wildman–Crippen MR) is 66.7 cm³/mol. The Bertz CT molecular complexity index is 479. The monoisotopic (exact) mass is 257 g/mol. The zero-order valence-corrected chi connectivity index (χ0v) is 11.0. The molecule has 1 rings (SSSR count). The Morgan fingerprint density at radius 3 is 2.65 bits per heavy atom. The summed E-state index contributed by atoms with van der Waals surface area (Å²) in [4.78, 5) is 25.9. The van der Waals surface area contributed by atoms with Crippen molar-refractivity contribution >= 4 is 17.6 Å². The second kappa shape index (κ2) is 5.87. The molecular formula is C12H16ClNO3. The maximum Gasteiger partial charge on any atom is 0.344 e. The van der Waals surface area contributed by atoms with E-state index in [2.05, 4.69) is 4.98 Å². The van der Waals surface area contributed by atoms with Crippen LogP contribution in [0.1, 0.15) is 41.4 Å². The highest BCUT2D eigenvalue weighted by Gasteiger charge is 2.18. The van der Waals surface area contributed by atoms with E-state index in [9.17, 15) is 9.59 Å². The molecule has 0 amide bonds. The van der Waals surface area contributed by atoms with Gasteiger partial charge in [0.1, 0.15) is 5.56 Å². The van der Waals surface area contributed by atoms with Crippen LogP contribution < -0.4 is 5.56 Å². The second-order valence-corrected chi connectivity index (χ2v) is 4.26. The molecule has 1 N–H and O–H groups in total. The summed E-state index contributed by atoms with van der Waals surface area (Å²) in [6, 6.07) is 0. The summed E-state index contributed by atoms with van der Waals surface area (Å²) in [5.41, 5.74) is 0.566. The summed E-state index contributed by atoms with van der Waals surface area (Å²) in [5.74, 6) is -0.612. The summed E-state index contributed by atoms with van der Waals surface area (Å²) in [5, 5.41) is 0.395. The molecule has 0 aliphatic rings. The van der Waals surface area contributed by atoms with Crippen LogP contribution in [0.25, 0.3) is 0 Å². The van der Waals surface area contributed by atoms with E-state index in [0.717, 1.165) is 12.8 Å². The van der Waals surface area contributed by atoms with Crippen molar-refractivity contribution in [3.05, 3.63) is 32.2 Å². The van der Waals surface area contributed by atoms with Gasteiger partial charge in [-0.15, -0.1) is 0 Å². The SMILES string of the molecule is CCCCOC(=O)c1c(C)c(Cl)c(C)[nH]c1=O. The summed E-state index contributed by atoms with van der Waals surface area (Å²) in [6.45, 7) is 5.64. The lowest BCUT2D eigenvalue weighted by molar-refractivity contribution is 0.0497. The van der Waals surface area contributed by atoms with Crippen molar-refractivity contribution in [2.75, 3.05) is 6.61 Å². The lowest BCUT2D eigenvalue weighted by Crippen LogP contribution is -2.23. The molecule has 0 unspecified atom stereocenters. The Morgan fingerprint density at radius 1 is 1.41 bits per heavy atom. The van der Waals surface area contributed by atoms with Crippen molar-refractivity contribution in [3.63, 3.8) is 0 Å². The van der Waals surface area contributed by atoms with Crippen molar-refractivity contribution in [1.82, 2.24) is 4.98 Å². The van der Waals surface area contributed by atoms with E-state index >= 15 is 0 Å². The molecule has 0 saturated heterocycles. The van der Waals surface area contributed by atoms with E-state index < -0.39 is 11.5 Å². The van der Waals surface area contributed by atoms with Crippen molar-refractivity contribution in [2.45, 2.75) is 33.6 Å². The van der Waals surface area contributed by atoms with Gasteiger partial charge >= 0.3 is 5.97 Å². The molecular weight excluding hydrogens is 242 g/mol. The zero-order chi connectivity index (χ0) is 13.0. The van der Waals surface area contributed by atoms with Crippen molar-refractivity contribution in [2.24, 2.45) is 0 Å². The summed E-state index contributed by atoms with van der Waals surface area (Å²) >= 11 is 5.98. The lowest BCUT2D eigenvalue weighted by atomic mass is 10.1. The highest BCUT2D eigenvalue weighted by atomic mass is 35.5. The molecule has 17 heavy (non-hydrogen) atoms. The van der Waals surface area contributed by atoms with Crippen LogP contribution in [0.5, 0.6) is 0 Å². The maximum absolute atomic E-state index is 11.7. The average Bonchev–Trinajstić information content (AvgIpc) is 2.26. The highest BCUT2D eigenvalue weighted by molar-refractivity contribution is 6.32. The Kier molecular flexibility index (Phi) is 4.75. The van der Waals surface area contributed by atoms with Crippen LogP contribution in [0.15, 0.2) is 4.79 Å². The fourth-order valence-corrected chi connectivity index (χ4v) is 1.62. The standard InChI is InChI=1S/C12H16ClNO3/c1-4-5-6-17-12(16)9-7(2)10(13)8(3)14-11(9)15/h4-6H2,1-3H3,(H,14,15). The van der Waals surface area contributed by atoms with E-state index in [1.54, 1.807) is 13.8 Å². The Balaban J connectivity index is 3.02. The molecule has 0 radical (unpaired) electrons. The van der Waals surface area contributed by atoms with E-state index in [0.29, 0.717) is 22.9 Å². The van der Waals surface area contributed by atoms with Crippen molar-refractivity contribution in [1.29, 1.82) is 0 Å². The predicted octanol–water partition coefficient (Wildman–Crippen LogP) is 2.60. The van der Waals surface area contributed by atoms with E-state index in [1.165, 1.54) is 0 Å². The minimum atomic E-state index is -0.612. The van der Waals surface area contributed by atoms with E-state index in [-0.39, 0.29) is 5.56 Å². The molecule has 0 aliphatic carbocycles. The van der Waals surface area contributed by atoms with Gasteiger partial charge in [0.05, 0.1) is 11.6 Å². The number of aromatic nitrogens is 1. The van der Waals surface area contributed by atoms with Gasteiger partial charge in [0, 0.05) is 5.69 Å². The van der Waals surface area contributed by atoms with Crippen LogP contribution >= 0.6 is 11.6 Å². The quantitative estimate of drug-likeness (QED) is 0.666. The van der Waals surface area contributed by atoms with Crippen LogP contribution in [-0.2, 0) is 4.74 Å². The number of hydrogen-bond donors (Lipinski definition) is 1. The van der Waals surface area contributed by atoms with Gasteiger partial charge < -0.3 is 9.72 Å². The third-order valence-electron chi connectivity index (χ3n) is 2.50. The largest absolute Gasteiger partial charge is 0.462 e. The first kappa shape index (κ1) is 13.8. The van der Waals surface area contributed by atoms with E-state index in [1.807, 2.05) is 6.92 Å². The van der Waals surface area contributed by atoms with Gasteiger partial charge in [-0.25, -0.2) is 4.79 Å². The molecule has 94 valence electrons. The number of carbonyl (C=O) groups is 1. The molecule has 0 bridgehead atoms. The molecule has 1 aromatic heterocycles. The summed E-state index contributed by atoms with van der Waals surface area (Å²) in [7, 11) is 0. The Morgan fingerprint density at radius 2 is 2.06 bits per heavy atom. The number of hydrogen-bond acceptors (Lipinski definition) is 3. The number of pyridine rings is 1. The van der Waals surface area contributed by atoms with Crippen molar-refractivity contribution in [3.8, 4) is 0 Å². The lowest BCUT2D eigenvalue weighted by Gasteiger charge is -2.08. The van der Waals surface area contributed by atoms with Crippen molar-refractivity contribution < 1.29 is 9.53 Å². The molecule has 1 aromatic rings. The van der Waals surface area contributed by atoms with Gasteiger partial charge in [-0.1, -0.05) is 24.9 Å². The Labute approximate surface area is 105 Å². The highest BCUT2D eigenvalue weighted by Crippen LogP contribution is 2.19. The molecule has 0 fully saturated rings. The van der Waals surface area contributed by atoms with Gasteiger partial charge in [0.2, 0.25) is 0 Å². The molecule has 0 aliphatic heterocycles. The summed E-state index contributed by atoms with van der Waals surface area (Å²) in [6.07, 6.45) is 1.71. The maximum atomic E-state index is 11.7. The van der Waals surface area contributed by atoms with E-state index in [4.69, 9.17) is 16.3 Å². The fourth-order valence-electron chi connectivity index (χ4n) is 1.48. The Hall–Kier alpha value is -1.29. The topological polar surface area (TPSA) is 59.2 Å². The number of esters is 1. The molecule has 0 atom stereocenters. The van der Waals surface area contributed by atoms with Crippen LogP contribution in [-0.4, -0.2) is 17.6 Å². The first-order valence-corrected chi connectivity index (χ1v) is 5.93. The van der Waals surface area contributed by atoms with Gasteiger partial charge in [-0.3, -0.25) is 4.79 Å². The number of rotatable bonds is 4. The van der Waals surface area contributed by atoms with Gasteiger partial charge in [-0.2, -0.15) is 0 Å².